The van der Waals surface area contributed by atoms with Gasteiger partial charge in [-0.05, 0) is 38.0 Å². The molecule has 22 heavy (non-hydrogen) atoms. The number of benzene rings is 1. The van der Waals surface area contributed by atoms with Crippen molar-refractivity contribution < 1.29 is 14.3 Å². The molecule has 7 nitrogen and oxygen atoms in total. The fourth-order valence-electron chi connectivity index (χ4n) is 1.86. The Labute approximate surface area is 128 Å². The highest BCUT2D eigenvalue weighted by Crippen LogP contribution is 2.24. The van der Waals surface area contributed by atoms with Gasteiger partial charge in [0.25, 0.3) is 0 Å². The summed E-state index contributed by atoms with van der Waals surface area (Å²) in [7, 11) is 0. The zero-order valence-corrected chi connectivity index (χ0v) is 12.9. The molecule has 0 saturated carbocycles. The van der Waals surface area contributed by atoms with Crippen molar-refractivity contribution in [3.05, 3.63) is 30.2 Å². The van der Waals surface area contributed by atoms with Crippen LogP contribution in [0.2, 0.25) is 0 Å². The Morgan fingerprint density at radius 1 is 1.45 bits per heavy atom. The van der Waals surface area contributed by atoms with Crippen molar-refractivity contribution in [3.63, 3.8) is 0 Å². The Hall–Kier alpha value is -2.41. The third-order valence-electron chi connectivity index (χ3n) is 3.64. The van der Waals surface area contributed by atoms with E-state index in [1.165, 1.54) is 6.39 Å². The summed E-state index contributed by atoms with van der Waals surface area (Å²) in [4.78, 5) is 12.1. The van der Waals surface area contributed by atoms with E-state index in [1.54, 1.807) is 13.0 Å². The highest BCUT2D eigenvalue weighted by atomic mass is 16.4. The average molecular weight is 304 g/mol. The number of carbonyl (C=O) groups is 1. The van der Waals surface area contributed by atoms with Gasteiger partial charge in [0, 0.05) is 11.3 Å². The molecule has 0 aliphatic carbocycles. The second-order valence-electron chi connectivity index (χ2n) is 5.43. The summed E-state index contributed by atoms with van der Waals surface area (Å²) in [5.41, 5.74) is 1.62. The first-order valence-electron chi connectivity index (χ1n) is 7.04. The molecule has 0 fully saturated rings. The van der Waals surface area contributed by atoms with Crippen molar-refractivity contribution in [1.82, 2.24) is 15.5 Å². The first kappa shape index (κ1) is 16.0. The topological polar surface area (TPSA) is 100 Å². The van der Waals surface area contributed by atoms with Gasteiger partial charge in [0.15, 0.2) is 0 Å². The third-order valence-corrected chi connectivity index (χ3v) is 3.64. The van der Waals surface area contributed by atoms with Crippen LogP contribution in [0.25, 0.3) is 11.5 Å². The summed E-state index contributed by atoms with van der Waals surface area (Å²) >= 11 is 0. The maximum atomic E-state index is 12.1. The number of nitrogens with one attached hydrogen (secondary N) is 2. The summed E-state index contributed by atoms with van der Waals surface area (Å²) < 4.78 is 5.15. The number of aryl methyl sites for hydroxylation is 1. The lowest BCUT2D eigenvalue weighted by Crippen LogP contribution is -2.50. The molecule has 0 radical (unpaired) electrons. The molecule has 2 aromatic rings. The number of anilines is 1. The van der Waals surface area contributed by atoms with Crippen molar-refractivity contribution in [2.45, 2.75) is 32.7 Å². The van der Waals surface area contributed by atoms with Crippen LogP contribution in [-0.4, -0.2) is 33.5 Å². The molecule has 0 aliphatic rings. The summed E-state index contributed by atoms with van der Waals surface area (Å²) in [5, 5.41) is 22.4. The molecular formula is C15H20N4O3. The number of aliphatic hydroxyl groups excluding tert-OH is 1. The van der Waals surface area contributed by atoms with Gasteiger partial charge in [-0.3, -0.25) is 0 Å². The predicted molar refractivity (Wildman–Crippen MR) is 82.4 cm³/mol. The number of urea groups is 1. The number of amides is 2. The SMILES string of the molecule is CCC(C)(CO)NC(=O)Nc1cc(-c2nnco2)ccc1C. The molecule has 0 saturated heterocycles. The first-order chi connectivity index (χ1) is 10.5. The number of hydrogen-bond donors (Lipinski definition) is 3. The van der Waals surface area contributed by atoms with Gasteiger partial charge in [-0.25, -0.2) is 4.79 Å². The van der Waals surface area contributed by atoms with Gasteiger partial charge in [0.05, 0.1) is 12.1 Å². The van der Waals surface area contributed by atoms with Crippen LogP contribution < -0.4 is 10.6 Å². The first-order valence-corrected chi connectivity index (χ1v) is 7.04. The summed E-state index contributed by atoms with van der Waals surface area (Å²) in [5.74, 6) is 0.386. The molecule has 0 aliphatic heterocycles. The Morgan fingerprint density at radius 3 is 2.82 bits per heavy atom. The van der Waals surface area contributed by atoms with Gasteiger partial charge in [-0.15, -0.1) is 10.2 Å². The second-order valence-corrected chi connectivity index (χ2v) is 5.43. The molecule has 2 rings (SSSR count). The standard InChI is InChI=1S/C15H20N4O3/c1-4-15(3,8-20)18-14(21)17-12-7-11(6-5-10(12)2)13-19-16-9-22-13/h5-7,9,20H,4,8H2,1-3H3,(H2,17,18,21). The number of aromatic nitrogens is 2. The highest BCUT2D eigenvalue weighted by Gasteiger charge is 2.23. The zero-order valence-electron chi connectivity index (χ0n) is 12.9. The largest absolute Gasteiger partial charge is 0.423 e. The molecule has 1 atom stereocenters. The van der Waals surface area contributed by atoms with Crippen LogP contribution in [0.15, 0.2) is 29.0 Å². The van der Waals surface area contributed by atoms with E-state index in [4.69, 9.17) is 4.42 Å². The lowest BCUT2D eigenvalue weighted by Gasteiger charge is -2.27. The Morgan fingerprint density at radius 2 is 2.23 bits per heavy atom. The van der Waals surface area contributed by atoms with E-state index in [0.29, 0.717) is 18.0 Å². The van der Waals surface area contributed by atoms with Gasteiger partial charge in [-0.2, -0.15) is 0 Å². The van der Waals surface area contributed by atoms with Crippen LogP contribution in [0.5, 0.6) is 0 Å². The van der Waals surface area contributed by atoms with Gasteiger partial charge in [0.2, 0.25) is 12.3 Å². The normalized spacial score (nSPS) is 13.5. The van der Waals surface area contributed by atoms with E-state index in [2.05, 4.69) is 20.8 Å². The van der Waals surface area contributed by atoms with Crippen LogP contribution >= 0.6 is 0 Å². The molecule has 7 heteroatoms. The average Bonchev–Trinajstić information content (AvgIpc) is 3.03. The minimum absolute atomic E-state index is 0.127. The number of nitrogens with zero attached hydrogens (tertiary/aromatic N) is 2. The summed E-state index contributed by atoms with van der Waals surface area (Å²) in [6.45, 7) is 5.45. The van der Waals surface area contributed by atoms with E-state index >= 15 is 0 Å². The Kier molecular flexibility index (Phi) is 4.77. The Bertz CT molecular complexity index is 636. The fourth-order valence-corrected chi connectivity index (χ4v) is 1.86. The molecule has 1 aromatic carbocycles. The molecule has 118 valence electrons. The third kappa shape index (κ3) is 3.62. The van der Waals surface area contributed by atoms with Crippen molar-refractivity contribution in [2.24, 2.45) is 0 Å². The van der Waals surface area contributed by atoms with E-state index in [0.717, 1.165) is 11.1 Å². The molecular weight excluding hydrogens is 284 g/mol. The lowest BCUT2D eigenvalue weighted by atomic mass is 10.0. The Balaban J connectivity index is 2.15. The smallest absolute Gasteiger partial charge is 0.319 e. The summed E-state index contributed by atoms with van der Waals surface area (Å²) in [6.07, 6.45) is 1.88. The van der Waals surface area contributed by atoms with Crippen LogP contribution in [0.3, 0.4) is 0 Å². The van der Waals surface area contributed by atoms with Crippen molar-refractivity contribution in [2.75, 3.05) is 11.9 Å². The quantitative estimate of drug-likeness (QED) is 0.787. The number of aliphatic hydroxyl groups is 1. The van der Waals surface area contributed by atoms with E-state index in [-0.39, 0.29) is 12.6 Å². The minimum Gasteiger partial charge on any atom is -0.423 e. The predicted octanol–water partition coefficient (Wildman–Crippen LogP) is 2.33. The maximum Gasteiger partial charge on any atom is 0.319 e. The van der Waals surface area contributed by atoms with E-state index in [9.17, 15) is 9.90 Å². The second kappa shape index (κ2) is 6.57. The number of hydrogen-bond acceptors (Lipinski definition) is 5. The van der Waals surface area contributed by atoms with Crippen molar-refractivity contribution in [3.8, 4) is 11.5 Å². The molecule has 1 aromatic heterocycles. The maximum absolute atomic E-state index is 12.1. The van der Waals surface area contributed by atoms with Crippen molar-refractivity contribution >= 4 is 11.7 Å². The molecule has 3 N–H and O–H groups in total. The molecule has 1 unspecified atom stereocenters. The van der Waals surface area contributed by atoms with E-state index < -0.39 is 5.54 Å². The number of rotatable bonds is 5. The fraction of sp³-hybridized carbons (Fsp3) is 0.400. The van der Waals surface area contributed by atoms with E-state index in [1.807, 2.05) is 26.0 Å². The number of carbonyl (C=O) groups excluding carboxylic acids is 1. The zero-order chi connectivity index (χ0) is 16.2. The van der Waals surface area contributed by atoms with Crippen molar-refractivity contribution in [1.29, 1.82) is 0 Å². The molecule has 2 amide bonds. The lowest BCUT2D eigenvalue weighted by molar-refractivity contribution is 0.172. The van der Waals surface area contributed by atoms with Gasteiger partial charge in [-0.1, -0.05) is 13.0 Å². The van der Waals surface area contributed by atoms with Crippen LogP contribution in [0, 0.1) is 6.92 Å². The van der Waals surface area contributed by atoms with Gasteiger partial charge in [0.1, 0.15) is 0 Å². The molecule has 0 spiro atoms. The molecule has 1 heterocycles. The van der Waals surface area contributed by atoms with Crippen LogP contribution in [-0.2, 0) is 0 Å². The molecule has 0 bridgehead atoms. The van der Waals surface area contributed by atoms with Crippen LogP contribution in [0.1, 0.15) is 25.8 Å². The summed E-state index contributed by atoms with van der Waals surface area (Å²) in [6, 6.07) is 5.10. The van der Waals surface area contributed by atoms with Gasteiger partial charge < -0.3 is 20.2 Å². The highest BCUT2D eigenvalue weighted by molar-refractivity contribution is 5.91. The van der Waals surface area contributed by atoms with Gasteiger partial charge >= 0.3 is 6.03 Å². The monoisotopic (exact) mass is 304 g/mol. The van der Waals surface area contributed by atoms with Crippen LogP contribution in [0.4, 0.5) is 10.5 Å². The minimum atomic E-state index is -0.651.